The van der Waals surface area contributed by atoms with Gasteiger partial charge in [-0.05, 0) is 39.0 Å². The SMILES string of the molecule is CCNC(=NCCCOC1CCCC1)NC1CCCC1. The van der Waals surface area contributed by atoms with Crippen LogP contribution in [0.25, 0.3) is 0 Å². The Morgan fingerprint density at radius 3 is 2.50 bits per heavy atom. The van der Waals surface area contributed by atoms with Gasteiger partial charge < -0.3 is 15.4 Å². The van der Waals surface area contributed by atoms with Crippen molar-refractivity contribution in [3.63, 3.8) is 0 Å². The molecule has 0 spiro atoms. The Bertz CT molecular complexity index is 281. The molecule has 2 N–H and O–H groups in total. The molecule has 0 aliphatic heterocycles. The van der Waals surface area contributed by atoms with Crippen LogP contribution < -0.4 is 10.6 Å². The molecule has 2 aliphatic carbocycles. The monoisotopic (exact) mass is 281 g/mol. The van der Waals surface area contributed by atoms with Gasteiger partial charge in [0.25, 0.3) is 0 Å². The van der Waals surface area contributed by atoms with E-state index in [-0.39, 0.29) is 0 Å². The molecule has 0 aromatic carbocycles. The minimum Gasteiger partial charge on any atom is -0.378 e. The second-order valence-corrected chi connectivity index (χ2v) is 6.02. The summed E-state index contributed by atoms with van der Waals surface area (Å²) < 4.78 is 5.87. The topological polar surface area (TPSA) is 45.7 Å². The van der Waals surface area contributed by atoms with Gasteiger partial charge in [-0.15, -0.1) is 0 Å². The lowest BCUT2D eigenvalue weighted by Gasteiger charge is -2.16. The standard InChI is InChI=1S/C16H31N3O/c1-2-17-16(19-14-8-3-4-9-14)18-12-7-13-20-15-10-5-6-11-15/h14-15H,2-13H2,1H3,(H2,17,18,19). The summed E-state index contributed by atoms with van der Waals surface area (Å²) in [4.78, 5) is 4.66. The Kier molecular flexibility index (Phi) is 7.20. The van der Waals surface area contributed by atoms with Crippen molar-refractivity contribution in [1.82, 2.24) is 10.6 Å². The summed E-state index contributed by atoms with van der Waals surface area (Å²) in [6, 6.07) is 0.627. The Hall–Kier alpha value is -0.770. The molecule has 0 bridgehead atoms. The highest BCUT2D eigenvalue weighted by Crippen LogP contribution is 2.20. The van der Waals surface area contributed by atoms with Crippen molar-refractivity contribution < 1.29 is 4.74 Å². The number of guanidine groups is 1. The number of aliphatic imine (C=N–C) groups is 1. The molecule has 2 aliphatic rings. The van der Waals surface area contributed by atoms with E-state index in [9.17, 15) is 0 Å². The van der Waals surface area contributed by atoms with Gasteiger partial charge in [0, 0.05) is 25.7 Å². The van der Waals surface area contributed by atoms with Crippen LogP contribution >= 0.6 is 0 Å². The van der Waals surface area contributed by atoms with E-state index in [2.05, 4.69) is 22.5 Å². The summed E-state index contributed by atoms with van der Waals surface area (Å²) in [5.41, 5.74) is 0. The average molecular weight is 281 g/mol. The molecule has 0 atom stereocenters. The lowest BCUT2D eigenvalue weighted by Crippen LogP contribution is -2.42. The molecule has 2 rings (SSSR count). The fourth-order valence-corrected chi connectivity index (χ4v) is 3.14. The fraction of sp³-hybridized carbons (Fsp3) is 0.938. The second-order valence-electron chi connectivity index (χ2n) is 6.02. The van der Waals surface area contributed by atoms with Crippen LogP contribution in [0.5, 0.6) is 0 Å². The van der Waals surface area contributed by atoms with Crippen LogP contribution in [0, 0.1) is 0 Å². The molecule has 0 aromatic rings. The molecule has 20 heavy (non-hydrogen) atoms. The zero-order chi connectivity index (χ0) is 14.0. The molecule has 0 radical (unpaired) electrons. The van der Waals surface area contributed by atoms with Gasteiger partial charge in [0.15, 0.2) is 5.96 Å². The summed E-state index contributed by atoms with van der Waals surface area (Å²) in [5.74, 6) is 0.986. The largest absolute Gasteiger partial charge is 0.378 e. The zero-order valence-electron chi connectivity index (χ0n) is 13.0. The molecule has 2 saturated carbocycles. The quantitative estimate of drug-likeness (QED) is 0.428. The number of nitrogens with one attached hydrogen (secondary N) is 2. The van der Waals surface area contributed by atoms with Gasteiger partial charge in [-0.3, -0.25) is 4.99 Å². The molecule has 4 nitrogen and oxygen atoms in total. The Balaban J connectivity index is 1.60. The Morgan fingerprint density at radius 1 is 1.10 bits per heavy atom. The minimum absolute atomic E-state index is 0.531. The van der Waals surface area contributed by atoms with E-state index in [1.54, 1.807) is 0 Å². The summed E-state index contributed by atoms with van der Waals surface area (Å²) in [7, 11) is 0. The first-order valence-corrected chi connectivity index (χ1v) is 8.55. The van der Waals surface area contributed by atoms with Gasteiger partial charge in [-0.1, -0.05) is 25.7 Å². The molecular formula is C16H31N3O. The highest BCUT2D eigenvalue weighted by Gasteiger charge is 2.16. The predicted octanol–water partition coefficient (Wildman–Crippen LogP) is 2.83. The van der Waals surface area contributed by atoms with Crippen molar-refractivity contribution in [2.75, 3.05) is 19.7 Å². The number of hydrogen-bond donors (Lipinski definition) is 2. The van der Waals surface area contributed by atoms with Crippen LogP contribution in [-0.4, -0.2) is 37.8 Å². The van der Waals surface area contributed by atoms with Crippen LogP contribution in [0.3, 0.4) is 0 Å². The molecule has 0 unspecified atom stereocenters. The van der Waals surface area contributed by atoms with Gasteiger partial charge in [0.2, 0.25) is 0 Å². The first-order chi connectivity index (χ1) is 9.88. The number of ether oxygens (including phenoxy) is 1. The van der Waals surface area contributed by atoms with E-state index in [4.69, 9.17) is 4.74 Å². The van der Waals surface area contributed by atoms with Crippen LogP contribution in [0.15, 0.2) is 4.99 Å². The van der Waals surface area contributed by atoms with Gasteiger partial charge >= 0.3 is 0 Å². The van der Waals surface area contributed by atoms with Crippen molar-refractivity contribution in [3.8, 4) is 0 Å². The molecule has 4 heteroatoms. The average Bonchev–Trinajstić information content (AvgIpc) is 3.11. The Morgan fingerprint density at radius 2 is 1.80 bits per heavy atom. The van der Waals surface area contributed by atoms with Crippen molar-refractivity contribution in [3.05, 3.63) is 0 Å². The lowest BCUT2D eigenvalue weighted by atomic mass is 10.2. The number of hydrogen-bond acceptors (Lipinski definition) is 2. The second kappa shape index (κ2) is 9.22. The van der Waals surface area contributed by atoms with Crippen molar-refractivity contribution in [2.24, 2.45) is 4.99 Å². The highest BCUT2D eigenvalue weighted by molar-refractivity contribution is 5.80. The third-order valence-corrected chi connectivity index (χ3v) is 4.27. The molecular weight excluding hydrogens is 250 g/mol. The highest BCUT2D eigenvalue weighted by atomic mass is 16.5. The maximum absolute atomic E-state index is 5.87. The summed E-state index contributed by atoms with van der Waals surface area (Å²) in [6.07, 6.45) is 12.0. The molecule has 0 amide bonds. The van der Waals surface area contributed by atoms with E-state index >= 15 is 0 Å². The first-order valence-electron chi connectivity index (χ1n) is 8.55. The zero-order valence-corrected chi connectivity index (χ0v) is 13.0. The van der Waals surface area contributed by atoms with Crippen LogP contribution in [0.2, 0.25) is 0 Å². The van der Waals surface area contributed by atoms with E-state index < -0.39 is 0 Å². The van der Waals surface area contributed by atoms with E-state index in [1.807, 2.05) is 0 Å². The first kappa shape index (κ1) is 15.6. The van der Waals surface area contributed by atoms with Crippen LogP contribution in [0.4, 0.5) is 0 Å². The predicted molar refractivity (Wildman–Crippen MR) is 84.2 cm³/mol. The van der Waals surface area contributed by atoms with Crippen molar-refractivity contribution in [1.29, 1.82) is 0 Å². The van der Waals surface area contributed by atoms with Gasteiger partial charge in [-0.25, -0.2) is 0 Å². The summed E-state index contributed by atoms with van der Waals surface area (Å²) in [5, 5.41) is 6.89. The van der Waals surface area contributed by atoms with E-state index in [0.29, 0.717) is 12.1 Å². The Labute approximate surface area is 123 Å². The van der Waals surface area contributed by atoms with Gasteiger partial charge in [0.05, 0.1) is 6.10 Å². The summed E-state index contributed by atoms with van der Waals surface area (Å²) >= 11 is 0. The van der Waals surface area contributed by atoms with E-state index in [0.717, 1.165) is 32.1 Å². The molecule has 0 heterocycles. The van der Waals surface area contributed by atoms with Gasteiger partial charge in [-0.2, -0.15) is 0 Å². The molecule has 0 saturated heterocycles. The third kappa shape index (κ3) is 5.70. The lowest BCUT2D eigenvalue weighted by molar-refractivity contribution is 0.0579. The smallest absolute Gasteiger partial charge is 0.191 e. The fourth-order valence-electron chi connectivity index (χ4n) is 3.14. The molecule has 116 valence electrons. The number of rotatable bonds is 7. The molecule has 2 fully saturated rings. The van der Waals surface area contributed by atoms with Gasteiger partial charge in [0.1, 0.15) is 0 Å². The third-order valence-electron chi connectivity index (χ3n) is 4.27. The summed E-state index contributed by atoms with van der Waals surface area (Å²) in [6.45, 7) is 4.76. The normalized spacial score (nSPS) is 21.6. The van der Waals surface area contributed by atoms with Crippen molar-refractivity contribution >= 4 is 5.96 Å². The van der Waals surface area contributed by atoms with Crippen LogP contribution in [-0.2, 0) is 4.74 Å². The molecule has 0 aromatic heterocycles. The number of nitrogens with zero attached hydrogens (tertiary/aromatic N) is 1. The van der Waals surface area contributed by atoms with Crippen LogP contribution in [0.1, 0.15) is 64.7 Å². The van der Waals surface area contributed by atoms with E-state index in [1.165, 1.54) is 51.4 Å². The maximum atomic E-state index is 5.87. The maximum Gasteiger partial charge on any atom is 0.191 e. The minimum atomic E-state index is 0.531. The van der Waals surface area contributed by atoms with Crippen molar-refractivity contribution in [2.45, 2.75) is 76.9 Å².